The Morgan fingerprint density at radius 2 is 2.00 bits per heavy atom. The van der Waals surface area contributed by atoms with Crippen molar-refractivity contribution in [1.29, 1.82) is 0 Å². The standard InChI is InChI=1S/C11H8ClF2NO3/c12-7-5-8(13)6(4-9(7)14)11(18)15-3-1-2-10(16)17/h1-2,4-5H,3H2,(H,15,18)(H,16,17)/b2-1+. The topological polar surface area (TPSA) is 66.4 Å². The summed E-state index contributed by atoms with van der Waals surface area (Å²) >= 11 is 5.33. The molecule has 1 aromatic carbocycles. The molecule has 0 aliphatic heterocycles. The molecule has 2 N–H and O–H groups in total. The van der Waals surface area contributed by atoms with Crippen molar-refractivity contribution in [1.82, 2.24) is 5.32 Å². The maximum absolute atomic E-state index is 13.3. The molecule has 0 heterocycles. The van der Waals surface area contributed by atoms with E-state index in [4.69, 9.17) is 16.7 Å². The van der Waals surface area contributed by atoms with Gasteiger partial charge in [-0.3, -0.25) is 4.79 Å². The number of hydrogen-bond acceptors (Lipinski definition) is 2. The second-order valence-electron chi connectivity index (χ2n) is 3.20. The average Bonchev–Trinajstić information content (AvgIpc) is 2.28. The SMILES string of the molecule is O=C(O)/C=C/CNC(=O)c1cc(F)c(Cl)cc1F. The fourth-order valence-electron chi connectivity index (χ4n) is 1.10. The van der Waals surface area contributed by atoms with Crippen LogP contribution in [0, 0.1) is 11.6 Å². The summed E-state index contributed by atoms with van der Waals surface area (Å²) in [4.78, 5) is 21.6. The Morgan fingerprint density at radius 3 is 2.61 bits per heavy atom. The molecule has 1 amide bonds. The van der Waals surface area contributed by atoms with Gasteiger partial charge in [0.1, 0.15) is 11.6 Å². The molecule has 0 saturated heterocycles. The summed E-state index contributed by atoms with van der Waals surface area (Å²) in [5.74, 6) is -3.91. The lowest BCUT2D eigenvalue weighted by atomic mass is 10.2. The zero-order valence-corrected chi connectivity index (χ0v) is 9.67. The largest absolute Gasteiger partial charge is 0.478 e. The van der Waals surface area contributed by atoms with Gasteiger partial charge in [0.25, 0.3) is 5.91 Å². The van der Waals surface area contributed by atoms with Gasteiger partial charge in [-0.15, -0.1) is 0 Å². The van der Waals surface area contributed by atoms with E-state index in [1.807, 2.05) is 0 Å². The third-order valence-electron chi connectivity index (χ3n) is 1.90. The molecule has 1 rings (SSSR count). The molecule has 0 unspecified atom stereocenters. The Balaban J connectivity index is 2.73. The second kappa shape index (κ2) is 6.11. The van der Waals surface area contributed by atoms with E-state index < -0.39 is 34.1 Å². The molecule has 0 aliphatic rings. The molecule has 1 aromatic rings. The third kappa shape index (κ3) is 3.81. The van der Waals surface area contributed by atoms with Crippen molar-refractivity contribution in [3.05, 3.63) is 46.5 Å². The summed E-state index contributed by atoms with van der Waals surface area (Å²) in [5.41, 5.74) is -0.499. The fourth-order valence-corrected chi connectivity index (χ4v) is 1.25. The molecule has 18 heavy (non-hydrogen) atoms. The van der Waals surface area contributed by atoms with Crippen LogP contribution in [0.2, 0.25) is 5.02 Å². The number of aliphatic carboxylic acids is 1. The summed E-state index contributed by atoms with van der Waals surface area (Å²) < 4.78 is 26.3. The molecule has 0 saturated carbocycles. The van der Waals surface area contributed by atoms with Gasteiger partial charge in [0, 0.05) is 12.6 Å². The predicted molar refractivity (Wildman–Crippen MR) is 60.5 cm³/mol. The van der Waals surface area contributed by atoms with Gasteiger partial charge in [0.15, 0.2) is 0 Å². The number of carboxylic acids is 1. The highest BCUT2D eigenvalue weighted by Crippen LogP contribution is 2.19. The van der Waals surface area contributed by atoms with Crippen LogP contribution in [0.3, 0.4) is 0 Å². The number of hydrogen-bond donors (Lipinski definition) is 2. The second-order valence-corrected chi connectivity index (χ2v) is 3.60. The fraction of sp³-hybridized carbons (Fsp3) is 0.0909. The molecule has 0 atom stereocenters. The maximum atomic E-state index is 13.3. The summed E-state index contributed by atoms with van der Waals surface area (Å²) in [6.45, 7) is -0.116. The number of rotatable bonds is 4. The Kier molecular flexibility index (Phi) is 4.79. The molecule has 0 spiro atoms. The van der Waals surface area contributed by atoms with Gasteiger partial charge < -0.3 is 10.4 Å². The Labute approximate surface area is 106 Å². The number of benzene rings is 1. The molecule has 0 aromatic heterocycles. The molecule has 0 bridgehead atoms. The average molecular weight is 276 g/mol. The molecule has 0 radical (unpaired) electrons. The zero-order chi connectivity index (χ0) is 13.7. The van der Waals surface area contributed by atoms with Gasteiger partial charge >= 0.3 is 5.97 Å². The Hall–Kier alpha value is -1.95. The summed E-state index contributed by atoms with van der Waals surface area (Å²) in [6.07, 6.45) is 1.98. The Bertz CT molecular complexity index is 517. The van der Waals surface area contributed by atoms with Crippen molar-refractivity contribution in [3.8, 4) is 0 Å². The highest BCUT2D eigenvalue weighted by molar-refractivity contribution is 6.30. The zero-order valence-electron chi connectivity index (χ0n) is 8.91. The van der Waals surface area contributed by atoms with Crippen molar-refractivity contribution in [3.63, 3.8) is 0 Å². The van der Waals surface area contributed by atoms with Gasteiger partial charge in [0.05, 0.1) is 10.6 Å². The molecule has 96 valence electrons. The first-order valence-corrected chi connectivity index (χ1v) is 5.12. The van der Waals surface area contributed by atoms with Gasteiger partial charge in [-0.2, -0.15) is 0 Å². The number of carbonyl (C=O) groups is 2. The van der Waals surface area contributed by atoms with Gasteiger partial charge in [-0.05, 0) is 12.1 Å². The highest BCUT2D eigenvalue weighted by Gasteiger charge is 2.14. The first-order valence-electron chi connectivity index (χ1n) is 4.74. The predicted octanol–water partition coefficient (Wildman–Crippen LogP) is 1.99. The van der Waals surface area contributed by atoms with Gasteiger partial charge in [0.2, 0.25) is 0 Å². The van der Waals surface area contributed by atoms with Crippen molar-refractivity contribution in [2.24, 2.45) is 0 Å². The molecule has 4 nitrogen and oxygen atoms in total. The smallest absolute Gasteiger partial charge is 0.328 e. The molecule has 0 fully saturated rings. The minimum Gasteiger partial charge on any atom is -0.478 e. The van der Waals surface area contributed by atoms with Crippen molar-refractivity contribution < 1.29 is 23.5 Å². The monoisotopic (exact) mass is 275 g/mol. The number of amides is 1. The van der Waals surface area contributed by atoms with Crippen LogP contribution < -0.4 is 5.32 Å². The normalized spacial score (nSPS) is 10.6. The van der Waals surface area contributed by atoms with E-state index in [-0.39, 0.29) is 6.54 Å². The molecular formula is C11H8ClF2NO3. The van der Waals surface area contributed by atoms with Crippen LogP contribution in [0.4, 0.5) is 8.78 Å². The lowest BCUT2D eigenvalue weighted by Gasteiger charge is -2.04. The van der Waals surface area contributed by atoms with Gasteiger partial charge in [-0.1, -0.05) is 17.7 Å². The van der Waals surface area contributed by atoms with Crippen molar-refractivity contribution in [2.75, 3.05) is 6.54 Å². The maximum Gasteiger partial charge on any atom is 0.328 e. The lowest BCUT2D eigenvalue weighted by Crippen LogP contribution is -2.24. The first kappa shape index (κ1) is 14.1. The van der Waals surface area contributed by atoms with Gasteiger partial charge in [-0.25, -0.2) is 13.6 Å². The van der Waals surface area contributed by atoms with E-state index in [9.17, 15) is 18.4 Å². The van der Waals surface area contributed by atoms with E-state index in [1.54, 1.807) is 0 Å². The van der Waals surface area contributed by atoms with Crippen LogP contribution in [-0.2, 0) is 4.79 Å². The van der Waals surface area contributed by atoms with Crippen LogP contribution in [-0.4, -0.2) is 23.5 Å². The first-order chi connectivity index (χ1) is 8.41. The summed E-state index contributed by atoms with van der Waals surface area (Å²) in [6, 6.07) is 1.37. The number of carbonyl (C=O) groups excluding carboxylic acids is 1. The van der Waals surface area contributed by atoms with E-state index in [2.05, 4.69) is 5.32 Å². The van der Waals surface area contributed by atoms with Crippen LogP contribution in [0.5, 0.6) is 0 Å². The van der Waals surface area contributed by atoms with Crippen LogP contribution in [0.15, 0.2) is 24.3 Å². The summed E-state index contributed by atoms with van der Waals surface area (Å²) in [5, 5.41) is 10.1. The van der Waals surface area contributed by atoms with Crippen molar-refractivity contribution >= 4 is 23.5 Å². The molecular weight excluding hydrogens is 268 g/mol. The lowest BCUT2D eigenvalue weighted by molar-refractivity contribution is -0.131. The van der Waals surface area contributed by atoms with E-state index >= 15 is 0 Å². The number of halogens is 3. The van der Waals surface area contributed by atoms with Crippen LogP contribution in [0.1, 0.15) is 10.4 Å². The number of carboxylic acid groups (broad SMARTS) is 1. The molecule has 7 heteroatoms. The van der Waals surface area contributed by atoms with E-state index in [0.29, 0.717) is 12.1 Å². The van der Waals surface area contributed by atoms with E-state index in [1.165, 1.54) is 0 Å². The minimum atomic E-state index is -1.17. The Morgan fingerprint density at radius 1 is 1.33 bits per heavy atom. The molecule has 0 aliphatic carbocycles. The third-order valence-corrected chi connectivity index (χ3v) is 2.19. The quantitative estimate of drug-likeness (QED) is 0.652. The van der Waals surface area contributed by atoms with Crippen molar-refractivity contribution in [2.45, 2.75) is 0 Å². The van der Waals surface area contributed by atoms with Crippen LogP contribution >= 0.6 is 11.6 Å². The van der Waals surface area contributed by atoms with Crippen LogP contribution in [0.25, 0.3) is 0 Å². The number of nitrogens with one attached hydrogen (secondary N) is 1. The minimum absolute atomic E-state index is 0.116. The van der Waals surface area contributed by atoms with E-state index in [0.717, 1.165) is 12.2 Å². The highest BCUT2D eigenvalue weighted by atomic mass is 35.5. The summed E-state index contributed by atoms with van der Waals surface area (Å²) in [7, 11) is 0.